The molecule has 2 amide bonds. The van der Waals surface area contributed by atoms with Gasteiger partial charge in [-0.2, -0.15) is 0 Å². The second-order valence-corrected chi connectivity index (χ2v) is 7.52. The average Bonchev–Trinajstić information content (AvgIpc) is 2.63. The molecule has 3 N–H and O–H groups in total. The lowest BCUT2D eigenvalue weighted by Crippen LogP contribution is -3.14. The van der Waals surface area contributed by atoms with Crippen molar-refractivity contribution in [1.29, 1.82) is 0 Å². The number of para-hydroxylation sites is 1. The maximum atomic E-state index is 12.4. The zero-order chi connectivity index (χ0) is 18.8. The molecule has 0 radical (unpaired) electrons. The minimum Gasteiger partial charge on any atom is -0.351 e. The molecule has 0 saturated heterocycles. The van der Waals surface area contributed by atoms with Crippen LogP contribution in [0, 0.1) is 12.8 Å². The van der Waals surface area contributed by atoms with Gasteiger partial charge in [-0.1, -0.05) is 44.4 Å². The SMILES string of the molecule is CCC[NH+](CC(=O)NCC1CCCCC1)CC(=O)Nc1ccccc1C. The van der Waals surface area contributed by atoms with Crippen LogP contribution in [-0.4, -0.2) is 38.0 Å². The number of nitrogens with one attached hydrogen (secondary N) is 3. The Hall–Kier alpha value is -1.88. The van der Waals surface area contributed by atoms with Gasteiger partial charge in [-0.15, -0.1) is 0 Å². The summed E-state index contributed by atoms with van der Waals surface area (Å²) in [5, 5.41) is 6.05. The third-order valence-corrected chi connectivity index (χ3v) is 5.16. The first-order chi connectivity index (χ1) is 12.6. The van der Waals surface area contributed by atoms with Gasteiger partial charge in [0.15, 0.2) is 13.1 Å². The number of carbonyl (C=O) groups is 2. The van der Waals surface area contributed by atoms with Gasteiger partial charge in [-0.3, -0.25) is 9.59 Å². The molecule has 2 rings (SSSR count). The van der Waals surface area contributed by atoms with E-state index >= 15 is 0 Å². The van der Waals surface area contributed by atoms with Crippen LogP contribution in [0.2, 0.25) is 0 Å². The number of quaternary nitrogens is 1. The highest BCUT2D eigenvalue weighted by Gasteiger charge is 2.19. The van der Waals surface area contributed by atoms with E-state index < -0.39 is 0 Å². The lowest BCUT2D eigenvalue weighted by atomic mass is 9.89. The van der Waals surface area contributed by atoms with E-state index in [4.69, 9.17) is 0 Å². The molecule has 1 saturated carbocycles. The minimum atomic E-state index is -0.0390. The number of benzene rings is 1. The molecule has 1 unspecified atom stereocenters. The van der Waals surface area contributed by atoms with E-state index in [-0.39, 0.29) is 11.8 Å². The Balaban J connectivity index is 1.78. The molecular weight excluding hydrogens is 326 g/mol. The first-order valence-corrected chi connectivity index (χ1v) is 10.0. The molecule has 144 valence electrons. The van der Waals surface area contributed by atoms with E-state index in [1.54, 1.807) is 0 Å². The van der Waals surface area contributed by atoms with Gasteiger partial charge in [-0.05, 0) is 43.7 Å². The third kappa shape index (κ3) is 7.16. The van der Waals surface area contributed by atoms with Crippen molar-refractivity contribution in [3.05, 3.63) is 29.8 Å². The molecule has 26 heavy (non-hydrogen) atoms. The number of amides is 2. The summed E-state index contributed by atoms with van der Waals surface area (Å²) in [7, 11) is 0. The lowest BCUT2D eigenvalue weighted by molar-refractivity contribution is -0.883. The Morgan fingerprint density at radius 1 is 1.08 bits per heavy atom. The Kier molecular flexibility index (Phi) is 8.62. The van der Waals surface area contributed by atoms with Crippen LogP contribution < -0.4 is 15.5 Å². The predicted molar refractivity (Wildman–Crippen MR) is 105 cm³/mol. The van der Waals surface area contributed by atoms with Gasteiger partial charge in [0.1, 0.15) is 0 Å². The smallest absolute Gasteiger partial charge is 0.279 e. The highest BCUT2D eigenvalue weighted by atomic mass is 16.2. The molecule has 1 atom stereocenters. The Morgan fingerprint density at radius 2 is 1.77 bits per heavy atom. The predicted octanol–water partition coefficient (Wildman–Crippen LogP) is 1.92. The molecule has 1 fully saturated rings. The normalized spacial score (nSPS) is 16.1. The van der Waals surface area contributed by atoms with E-state index in [0.717, 1.165) is 35.7 Å². The van der Waals surface area contributed by atoms with Crippen molar-refractivity contribution < 1.29 is 14.5 Å². The van der Waals surface area contributed by atoms with E-state index in [1.807, 2.05) is 31.2 Å². The second-order valence-electron chi connectivity index (χ2n) is 7.52. The fraction of sp³-hybridized carbons (Fsp3) is 0.619. The van der Waals surface area contributed by atoms with Crippen LogP contribution in [0.3, 0.4) is 0 Å². The van der Waals surface area contributed by atoms with Crippen LogP contribution >= 0.6 is 0 Å². The minimum absolute atomic E-state index is 0.0390. The molecule has 0 aliphatic heterocycles. The summed E-state index contributed by atoms with van der Waals surface area (Å²) in [4.78, 5) is 25.7. The number of hydrogen-bond donors (Lipinski definition) is 3. The van der Waals surface area contributed by atoms with Gasteiger partial charge in [0, 0.05) is 12.2 Å². The van der Waals surface area contributed by atoms with Crippen LogP contribution in [0.4, 0.5) is 5.69 Å². The molecular formula is C21H34N3O2+. The second kappa shape index (κ2) is 11.0. The van der Waals surface area contributed by atoms with Crippen LogP contribution in [0.15, 0.2) is 24.3 Å². The molecule has 0 bridgehead atoms. The van der Waals surface area contributed by atoms with E-state index in [1.165, 1.54) is 32.1 Å². The third-order valence-electron chi connectivity index (χ3n) is 5.16. The quantitative estimate of drug-likeness (QED) is 0.630. The molecule has 5 nitrogen and oxygen atoms in total. The summed E-state index contributed by atoms with van der Waals surface area (Å²) in [6.07, 6.45) is 7.30. The molecule has 1 aliphatic rings. The summed E-state index contributed by atoms with van der Waals surface area (Å²) in [5.74, 6) is 0.650. The number of hydrogen-bond acceptors (Lipinski definition) is 2. The number of aryl methyl sites for hydroxylation is 1. The van der Waals surface area contributed by atoms with Gasteiger partial charge in [0.25, 0.3) is 11.8 Å². The van der Waals surface area contributed by atoms with Crippen molar-refractivity contribution in [2.75, 3.05) is 31.5 Å². The van der Waals surface area contributed by atoms with Crippen LogP contribution in [0.5, 0.6) is 0 Å². The highest BCUT2D eigenvalue weighted by molar-refractivity contribution is 5.92. The van der Waals surface area contributed by atoms with Crippen molar-refractivity contribution in [2.45, 2.75) is 52.4 Å². The monoisotopic (exact) mass is 360 g/mol. The van der Waals surface area contributed by atoms with E-state index in [0.29, 0.717) is 19.0 Å². The van der Waals surface area contributed by atoms with Crippen molar-refractivity contribution >= 4 is 17.5 Å². The van der Waals surface area contributed by atoms with Crippen LogP contribution in [0.1, 0.15) is 51.0 Å². The maximum Gasteiger partial charge on any atom is 0.279 e. The first-order valence-electron chi connectivity index (χ1n) is 10.0. The lowest BCUT2D eigenvalue weighted by Gasteiger charge is -2.23. The van der Waals surface area contributed by atoms with Gasteiger partial charge >= 0.3 is 0 Å². The summed E-state index contributed by atoms with van der Waals surface area (Å²) < 4.78 is 0. The van der Waals surface area contributed by atoms with Crippen molar-refractivity contribution in [3.8, 4) is 0 Å². The Labute approximate surface area is 157 Å². The molecule has 0 aromatic heterocycles. The zero-order valence-corrected chi connectivity index (χ0v) is 16.3. The van der Waals surface area contributed by atoms with Gasteiger partial charge in [-0.25, -0.2) is 0 Å². The molecule has 1 aromatic carbocycles. The van der Waals surface area contributed by atoms with Gasteiger partial charge < -0.3 is 15.5 Å². The number of carbonyl (C=O) groups excluding carboxylic acids is 2. The topological polar surface area (TPSA) is 62.6 Å². The maximum absolute atomic E-state index is 12.4. The van der Waals surface area contributed by atoms with Crippen molar-refractivity contribution in [3.63, 3.8) is 0 Å². The van der Waals surface area contributed by atoms with Crippen LogP contribution in [-0.2, 0) is 9.59 Å². The largest absolute Gasteiger partial charge is 0.351 e. The van der Waals surface area contributed by atoms with Crippen molar-refractivity contribution in [1.82, 2.24) is 5.32 Å². The standard InChI is InChI=1S/C21H33N3O2/c1-3-13-24(15-20(25)22-14-18-10-5-4-6-11-18)16-21(26)23-19-12-8-7-9-17(19)2/h7-9,12,18H,3-6,10-11,13-16H2,1-2H3,(H,22,25)(H,23,26)/p+1. The molecule has 0 spiro atoms. The highest BCUT2D eigenvalue weighted by Crippen LogP contribution is 2.22. The van der Waals surface area contributed by atoms with Gasteiger partial charge in [0.05, 0.1) is 6.54 Å². The summed E-state index contributed by atoms with van der Waals surface area (Å²) >= 11 is 0. The van der Waals surface area contributed by atoms with Gasteiger partial charge in [0.2, 0.25) is 0 Å². The Morgan fingerprint density at radius 3 is 2.46 bits per heavy atom. The fourth-order valence-electron chi connectivity index (χ4n) is 3.67. The van der Waals surface area contributed by atoms with E-state index in [9.17, 15) is 9.59 Å². The zero-order valence-electron chi connectivity index (χ0n) is 16.3. The molecule has 1 aliphatic carbocycles. The average molecular weight is 361 g/mol. The Bertz CT molecular complexity index is 582. The summed E-state index contributed by atoms with van der Waals surface area (Å²) in [6, 6.07) is 7.75. The van der Waals surface area contributed by atoms with Crippen LogP contribution in [0.25, 0.3) is 0 Å². The molecule has 0 heterocycles. The molecule has 5 heteroatoms. The molecule has 1 aromatic rings. The van der Waals surface area contributed by atoms with E-state index in [2.05, 4.69) is 17.6 Å². The van der Waals surface area contributed by atoms with Crippen molar-refractivity contribution in [2.24, 2.45) is 5.92 Å². The number of rotatable bonds is 9. The summed E-state index contributed by atoms with van der Waals surface area (Å²) in [5.41, 5.74) is 1.89. The number of anilines is 1. The summed E-state index contributed by atoms with van der Waals surface area (Å²) in [6.45, 7) is 6.34. The fourth-order valence-corrected chi connectivity index (χ4v) is 3.67. The first kappa shape index (κ1) is 20.4.